The lowest BCUT2D eigenvalue weighted by Gasteiger charge is -2.14. The maximum absolute atomic E-state index is 11.5. The molecule has 104 valence electrons. The van der Waals surface area contributed by atoms with Crippen LogP contribution in [0.3, 0.4) is 0 Å². The van der Waals surface area contributed by atoms with Gasteiger partial charge >= 0.3 is 0 Å². The Hall–Kier alpha value is -2.60. The summed E-state index contributed by atoms with van der Waals surface area (Å²) in [5, 5.41) is 8.79. The van der Waals surface area contributed by atoms with Crippen molar-refractivity contribution in [3.63, 3.8) is 0 Å². The van der Waals surface area contributed by atoms with Crippen LogP contribution >= 0.6 is 0 Å². The molecule has 6 nitrogen and oxygen atoms in total. The van der Waals surface area contributed by atoms with Gasteiger partial charge in [0, 0.05) is 11.8 Å². The Bertz CT molecular complexity index is 601. The number of hydrogen-bond acceptors (Lipinski definition) is 6. The van der Waals surface area contributed by atoms with Crippen LogP contribution in [0, 0.1) is 0 Å². The second-order valence-corrected chi connectivity index (χ2v) is 4.13. The van der Waals surface area contributed by atoms with E-state index >= 15 is 0 Å². The first-order valence-electron chi connectivity index (χ1n) is 6.01. The Morgan fingerprint density at radius 1 is 1.15 bits per heavy atom. The molecule has 0 heterocycles. The molecular formula is C14H15N3O3. The van der Waals surface area contributed by atoms with E-state index in [-0.39, 0.29) is 30.5 Å². The summed E-state index contributed by atoms with van der Waals surface area (Å²) in [5.74, 6) is -0.0516. The number of aliphatic imine (C=N–C) groups is 1. The summed E-state index contributed by atoms with van der Waals surface area (Å²) in [4.78, 5) is 15.9. The number of carbonyl (C=O) groups is 1. The largest absolute Gasteiger partial charge is 0.489 e. The highest BCUT2D eigenvalue weighted by Gasteiger charge is 2.18. The molecule has 0 aliphatic heterocycles. The molecule has 0 saturated heterocycles. The zero-order valence-corrected chi connectivity index (χ0v) is 10.7. The van der Waals surface area contributed by atoms with Crippen molar-refractivity contribution < 1.29 is 14.6 Å². The Morgan fingerprint density at radius 2 is 1.85 bits per heavy atom. The standard InChI is InChI=1S/C14H15N3O3/c15-9-1-3-10(4-2-9)17-12-7-11(16)13(19)8-14(12)20-6-5-18/h1-4,7-8,18H,5-6,15-16H2. The number of aliphatic hydroxyl groups excluding tert-OH is 1. The number of carbonyl (C=O) groups excluding carboxylic acids is 1. The third-order valence-electron chi connectivity index (χ3n) is 2.58. The van der Waals surface area contributed by atoms with Crippen molar-refractivity contribution in [2.45, 2.75) is 0 Å². The van der Waals surface area contributed by atoms with E-state index in [2.05, 4.69) is 4.99 Å². The van der Waals surface area contributed by atoms with Gasteiger partial charge in [-0.2, -0.15) is 0 Å². The summed E-state index contributed by atoms with van der Waals surface area (Å²) in [6.07, 6.45) is 2.71. The van der Waals surface area contributed by atoms with Gasteiger partial charge in [0.05, 0.1) is 18.0 Å². The molecule has 1 aromatic rings. The van der Waals surface area contributed by atoms with Crippen LogP contribution in [0.15, 0.2) is 52.9 Å². The van der Waals surface area contributed by atoms with Crippen molar-refractivity contribution >= 4 is 22.9 Å². The zero-order chi connectivity index (χ0) is 14.5. The number of nitrogens with two attached hydrogens (primary N) is 2. The monoisotopic (exact) mass is 273 g/mol. The third kappa shape index (κ3) is 3.24. The summed E-state index contributed by atoms with van der Waals surface area (Å²) in [5.41, 5.74) is 13.0. The maximum Gasteiger partial charge on any atom is 0.205 e. The zero-order valence-electron chi connectivity index (χ0n) is 10.7. The molecule has 0 aromatic heterocycles. The molecule has 1 aromatic carbocycles. The number of anilines is 1. The van der Waals surface area contributed by atoms with Crippen LogP contribution in [0.4, 0.5) is 11.4 Å². The fourth-order valence-electron chi connectivity index (χ4n) is 1.61. The molecule has 1 aliphatic rings. The van der Waals surface area contributed by atoms with Crippen LogP contribution in [-0.2, 0) is 9.53 Å². The summed E-state index contributed by atoms with van der Waals surface area (Å²) < 4.78 is 5.29. The van der Waals surface area contributed by atoms with E-state index in [4.69, 9.17) is 21.3 Å². The summed E-state index contributed by atoms with van der Waals surface area (Å²) in [6.45, 7) is -0.0759. The van der Waals surface area contributed by atoms with Crippen LogP contribution in [-0.4, -0.2) is 29.8 Å². The van der Waals surface area contributed by atoms with E-state index in [0.717, 1.165) is 0 Å². The number of ether oxygens (including phenoxy) is 1. The van der Waals surface area contributed by atoms with Crippen LogP contribution in [0.25, 0.3) is 0 Å². The maximum atomic E-state index is 11.5. The van der Waals surface area contributed by atoms with E-state index < -0.39 is 0 Å². The second-order valence-electron chi connectivity index (χ2n) is 4.13. The molecule has 0 fully saturated rings. The minimum absolute atomic E-state index is 0.0770. The Kier molecular flexibility index (Phi) is 4.17. The van der Waals surface area contributed by atoms with Crippen molar-refractivity contribution in [1.82, 2.24) is 0 Å². The molecule has 5 N–H and O–H groups in total. The van der Waals surface area contributed by atoms with E-state index in [0.29, 0.717) is 17.1 Å². The van der Waals surface area contributed by atoms with E-state index in [1.807, 2.05) is 0 Å². The number of nitrogens with zero attached hydrogens (tertiary/aromatic N) is 1. The lowest BCUT2D eigenvalue weighted by atomic mass is 10.1. The topological polar surface area (TPSA) is 111 Å². The molecule has 20 heavy (non-hydrogen) atoms. The van der Waals surface area contributed by atoms with Gasteiger partial charge in [0.25, 0.3) is 0 Å². The number of ketones is 1. The number of nitrogen functional groups attached to an aromatic ring is 1. The van der Waals surface area contributed by atoms with Gasteiger partial charge in [-0.05, 0) is 30.3 Å². The minimum atomic E-state index is -0.339. The lowest BCUT2D eigenvalue weighted by molar-refractivity contribution is -0.111. The molecular weight excluding hydrogens is 258 g/mol. The molecule has 0 atom stereocenters. The van der Waals surface area contributed by atoms with Gasteiger partial charge in [-0.1, -0.05) is 0 Å². The van der Waals surface area contributed by atoms with Crippen molar-refractivity contribution in [3.05, 3.63) is 47.9 Å². The van der Waals surface area contributed by atoms with E-state index in [1.165, 1.54) is 12.2 Å². The Balaban J connectivity index is 2.32. The first-order chi connectivity index (χ1) is 9.60. The van der Waals surface area contributed by atoms with Crippen molar-refractivity contribution in [1.29, 1.82) is 0 Å². The van der Waals surface area contributed by atoms with Crippen LogP contribution in [0.1, 0.15) is 0 Å². The van der Waals surface area contributed by atoms with Crippen molar-refractivity contribution in [2.75, 3.05) is 18.9 Å². The first kappa shape index (κ1) is 13.8. The van der Waals surface area contributed by atoms with E-state index in [9.17, 15) is 4.79 Å². The fourth-order valence-corrected chi connectivity index (χ4v) is 1.61. The highest BCUT2D eigenvalue weighted by atomic mass is 16.5. The average molecular weight is 273 g/mol. The highest BCUT2D eigenvalue weighted by Crippen LogP contribution is 2.19. The predicted molar refractivity (Wildman–Crippen MR) is 76.3 cm³/mol. The fraction of sp³-hybridized carbons (Fsp3) is 0.143. The molecule has 0 unspecified atom stereocenters. The summed E-state index contributed by atoms with van der Waals surface area (Å²) in [7, 11) is 0. The van der Waals surface area contributed by atoms with Gasteiger partial charge in [0.2, 0.25) is 5.78 Å². The van der Waals surface area contributed by atoms with Crippen LogP contribution in [0.5, 0.6) is 0 Å². The Labute approximate surface area is 116 Å². The molecule has 0 saturated carbocycles. The number of aliphatic hydroxyl groups is 1. The van der Waals surface area contributed by atoms with Gasteiger partial charge in [-0.3, -0.25) is 4.79 Å². The molecule has 2 rings (SSSR count). The lowest BCUT2D eigenvalue weighted by Crippen LogP contribution is -2.20. The highest BCUT2D eigenvalue weighted by molar-refractivity contribution is 6.21. The number of rotatable bonds is 4. The van der Waals surface area contributed by atoms with Gasteiger partial charge in [0.15, 0.2) is 0 Å². The number of allylic oxidation sites excluding steroid dienone is 2. The average Bonchev–Trinajstić information content (AvgIpc) is 2.43. The minimum Gasteiger partial charge on any atom is -0.489 e. The van der Waals surface area contributed by atoms with Crippen molar-refractivity contribution in [2.24, 2.45) is 10.7 Å². The molecule has 0 amide bonds. The molecule has 0 radical (unpaired) electrons. The SMILES string of the molecule is NC1=CC(=Nc2ccc(N)cc2)C(OCCO)=CC1=O. The van der Waals surface area contributed by atoms with Crippen LogP contribution in [0.2, 0.25) is 0 Å². The molecule has 0 spiro atoms. The van der Waals surface area contributed by atoms with Gasteiger partial charge in [-0.15, -0.1) is 0 Å². The Morgan fingerprint density at radius 3 is 2.50 bits per heavy atom. The first-order valence-corrected chi connectivity index (χ1v) is 6.01. The third-order valence-corrected chi connectivity index (χ3v) is 2.58. The van der Waals surface area contributed by atoms with E-state index in [1.54, 1.807) is 24.3 Å². The number of benzene rings is 1. The second kappa shape index (κ2) is 6.03. The molecule has 1 aliphatic carbocycles. The van der Waals surface area contributed by atoms with Gasteiger partial charge < -0.3 is 21.3 Å². The van der Waals surface area contributed by atoms with Gasteiger partial charge in [0.1, 0.15) is 18.1 Å². The quantitative estimate of drug-likeness (QED) is 0.551. The summed E-state index contributed by atoms with van der Waals surface area (Å²) in [6, 6.07) is 6.93. The molecule has 6 heteroatoms. The van der Waals surface area contributed by atoms with Crippen LogP contribution < -0.4 is 11.5 Å². The van der Waals surface area contributed by atoms with Crippen molar-refractivity contribution in [3.8, 4) is 0 Å². The smallest absolute Gasteiger partial charge is 0.205 e. The number of hydrogen-bond donors (Lipinski definition) is 3. The molecule has 0 bridgehead atoms. The predicted octanol–water partition coefficient (Wildman–Crippen LogP) is 0.659. The van der Waals surface area contributed by atoms with Gasteiger partial charge in [-0.25, -0.2) is 4.99 Å². The normalized spacial score (nSPS) is 16.9. The summed E-state index contributed by atoms with van der Waals surface area (Å²) >= 11 is 0.